The van der Waals surface area contributed by atoms with E-state index in [4.69, 9.17) is 18.9 Å². The molecular formula is C20H21NO3. The molecule has 0 unspecified atom stereocenters. The number of ether oxygens (including phenoxy) is 2. The van der Waals surface area contributed by atoms with E-state index >= 15 is 0 Å². The number of oxazole rings is 1. The Labute approximate surface area is 142 Å². The molecule has 0 fully saturated rings. The van der Waals surface area contributed by atoms with E-state index in [1.54, 1.807) is 14.2 Å². The minimum atomic E-state index is 0.217. The maximum absolute atomic E-state index is 6.06. The van der Waals surface area contributed by atoms with Gasteiger partial charge < -0.3 is 13.9 Å². The molecule has 0 aliphatic rings. The van der Waals surface area contributed by atoms with Gasteiger partial charge in [0.1, 0.15) is 17.2 Å². The second-order valence-electron chi connectivity index (χ2n) is 5.84. The minimum absolute atomic E-state index is 0.217. The molecule has 0 bridgehead atoms. The first-order chi connectivity index (χ1) is 11.6. The molecule has 0 aliphatic carbocycles. The molecular weight excluding hydrogens is 302 g/mol. The molecule has 24 heavy (non-hydrogen) atoms. The van der Waals surface area contributed by atoms with E-state index in [0.29, 0.717) is 0 Å². The number of benzene rings is 2. The van der Waals surface area contributed by atoms with Gasteiger partial charge in [0.15, 0.2) is 11.7 Å². The molecule has 4 nitrogen and oxygen atoms in total. The van der Waals surface area contributed by atoms with Crippen molar-refractivity contribution in [3.05, 3.63) is 54.4 Å². The molecule has 0 aliphatic heterocycles. The fourth-order valence-electron chi connectivity index (χ4n) is 2.47. The molecule has 0 atom stereocenters. The van der Waals surface area contributed by atoms with Crippen LogP contribution in [0, 0.1) is 0 Å². The highest BCUT2D eigenvalue weighted by atomic mass is 16.5. The summed E-state index contributed by atoms with van der Waals surface area (Å²) < 4.78 is 16.5. The molecule has 4 heteroatoms. The molecule has 0 saturated heterocycles. The third kappa shape index (κ3) is 3.13. The van der Waals surface area contributed by atoms with Crippen LogP contribution in [0.15, 0.2) is 52.9 Å². The molecule has 3 aromatic rings. The van der Waals surface area contributed by atoms with Crippen molar-refractivity contribution in [3.8, 4) is 34.1 Å². The average Bonchev–Trinajstić information content (AvgIpc) is 3.07. The number of hydrogen-bond donors (Lipinski definition) is 0. The Morgan fingerprint density at radius 2 is 1.29 bits per heavy atom. The average molecular weight is 323 g/mol. The van der Waals surface area contributed by atoms with Gasteiger partial charge in [-0.3, -0.25) is 0 Å². The standard InChI is InChI=1S/C20H21NO3/c1-13(2)20-21-18(14-5-9-16(22-3)10-6-14)19(24-20)15-7-11-17(23-4)12-8-15/h5-13H,1-4H3. The van der Waals surface area contributed by atoms with Gasteiger partial charge in [0, 0.05) is 17.0 Å². The molecule has 0 spiro atoms. The van der Waals surface area contributed by atoms with Crippen molar-refractivity contribution in [1.29, 1.82) is 0 Å². The van der Waals surface area contributed by atoms with E-state index in [-0.39, 0.29) is 5.92 Å². The van der Waals surface area contributed by atoms with Crippen LogP contribution in [0.5, 0.6) is 11.5 Å². The van der Waals surface area contributed by atoms with Crippen LogP contribution >= 0.6 is 0 Å². The molecule has 1 aromatic heterocycles. The van der Waals surface area contributed by atoms with Crippen LogP contribution in [-0.2, 0) is 0 Å². The van der Waals surface area contributed by atoms with Gasteiger partial charge in [-0.2, -0.15) is 0 Å². The summed E-state index contributed by atoms with van der Waals surface area (Å²) in [5.74, 6) is 3.35. The third-order valence-corrected chi connectivity index (χ3v) is 3.85. The monoisotopic (exact) mass is 323 g/mol. The van der Waals surface area contributed by atoms with Crippen molar-refractivity contribution in [1.82, 2.24) is 4.98 Å². The van der Waals surface area contributed by atoms with Crippen LogP contribution < -0.4 is 9.47 Å². The first-order valence-corrected chi connectivity index (χ1v) is 7.92. The molecule has 0 amide bonds. The highest BCUT2D eigenvalue weighted by Crippen LogP contribution is 2.35. The number of rotatable bonds is 5. The van der Waals surface area contributed by atoms with Crippen LogP contribution in [0.2, 0.25) is 0 Å². The molecule has 0 N–H and O–H groups in total. The fourth-order valence-corrected chi connectivity index (χ4v) is 2.47. The predicted molar refractivity (Wildman–Crippen MR) is 94.6 cm³/mol. The highest BCUT2D eigenvalue weighted by Gasteiger charge is 2.18. The number of methoxy groups -OCH3 is 2. The van der Waals surface area contributed by atoms with Crippen LogP contribution in [0.25, 0.3) is 22.6 Å². The predicted octanol–water partition coefficient (Wildman–Crippen LogP) is 5.15. The van der Waals surface area contributed by atoms with Gasteiger partial charge in [-0.05, 0) is 48.5 Å². The topological polar surface area (TPSA) is 44.5 Å². The first kappa shape index (κ1) is 16.1. The lowest BCUT2D eigenvalue weighted by Crippen LogP contribution is -1.87. The minimum Gasteiger partial charge on any atom is -0.497 e. The smallest absolute Gasteiger partial charge is 0.198 e. The van der Waals surface area contributed by atoms with Gasteiger partial charge >= 0.3 is 0 Å². The third-order valence-electron chi connectivity index (χ3n) is 3.85. The van der Waals surface area contributed by atoms with Gasteiger partial charge in [0.05, 0.1) is 14.2 Å². The Kier molecular flexibility index (Phi) is 4.56. The zero-order valence-electron chi connectivity index (χ0n) is 14.4. The lowest BCUT2D eigenvalue weighted by Gasteiger charge is -2.04. The fraction of sp³-hybridized carbons (Fsp3) is 0.250. The Hall–Kier alpha value is -2.75. The molecule has 0 saturated carbocycles. The van der Waals surface area contributed by atoms with E-state index < -0.39 is 0 Å². The maximum atomic E-state index is 6.06. The maximum Gasteiger partial charge on any atom is 0.198 e. The van der Waals surface area contributed by atoms with Crippen molar-refractivity contribution in [3.63, 3.8) is 0 Å². The van der Waals surface area contributed by atoms with Crippen LogP contribution in [0.4, 0.5) is 0 Å². The van der Waals surface area contributed by atoms with Crippen molar-refractivity contribution in [2.75, 3.05) is 14.2 Å². The Bertz CT molecular complexity index is 737. The summed E-state index contributed by atoms with van der Waals surface area (Å²) in [5, 5.41) is 0. The molecule has 2 aromatic carbocycles. The van der Waals surface area contributed by atoms with Crippen LogP contribution in [0.1, 0.15) is 25.7 Å². The van der Waals surface area contributed by atoms with Crippen molar-refractivity contribution in [2.45, 2.75) is 19.8 Å². The molecule has 1 heterocycles. The Morgan fingerprint density at radius 1 is 0.792 bits per heavy atom. The lowest BCUT2D eigenvalue weighted by molar-refractivity contribution is 0.414. The Morgan fingerprint density at radius 3 is 1.75 bits per heavy atom. The number of nitrogens with zero attached hydrogens (tertiary/aromatic N) is 1. The molecule has 0 radical (unpaired) electrons. The largest absolute Gasteiger partial charge is 0.497 e. The summed E-state index contributed by atoms with van der Waals surface area (Å²) in [5.41, 5.74) is 2.81. The van der Waals surface area contributed by atoms with Gasteiger partial charge in [-0.15, -0.1) is 0 Å². The lowest BCUT2D eigenvalue weighted by atomic mass is 10.1. The zero-order valence-corrected chi connectivity index (χ0v) is 14.4. The summed E-state index contributed by atoms with van der Waals surface area (Å²) in [7, 11) is 3.31. The summed E-state index contributed by atoms with van der Waals surface area (Å²) >= 11 is 0. The van der Waals surface area contributed by atoms with Gasteiger partial charge in [0.25, 0.3) is 0 Å². The highest BCUT2D eigenvalue weighted by molar-refractivity contribution is 5.77. The normalized spacial score (nSPS) is 10.9. The number of aromatic nitrogens is 1. The summed E-state index contributed by atoms with van der Waals surface area (Å²) in [6.45, 7) is 4.14. The van der Waals surface area contributed by atoms with Gasteiger partial charge in [0.2, 0.25) is 0 Å². The van der Waals surface area contributed by atoms with Crippen molar-refractivity contribution < 1.29 is 13.9 Å². The van der Waals surface area contributed by atoms with E-state index in [1.165, 1.54) is 0 Å². The second-order valence-corrected chi connectivity index (χ2v) is 5.84. The quantitative estimate of drug-likeness (QED) is 0.651. The summed E-state index contributed by atoms with van der Waals surface area (Å²) in [6.07, 6.45) is 0. The van der Waals surface area contributed by atoms with Gasteiger partial charge in [-0.25, -0.2) is 4.98 Å². The van der Waals surface area contributed by atoms with Crippen molar-refractivity contribution in [2.24, 2.45) is 0 Å². The van der Waals surface area contributed by atoms with E-state index in [1.807, 2.05) is 48.5 Å². The van der Waals surface area contributed by atoms with E-state index in [2.05, 4.69) is 13.8 Å². The zero-order chi connectivity index (χ0) is 17.1. The Balaban J connectivity index is 2.09. The van der Waals surface area contributed by atoms with Crippen LogP contribution in [0.3, 0.4) is 0 Å². The second kappa shape index (κ2) is 6.79. The van der Waals surface area contributed by atoms with Crippen LogP contribution in [-0.4, -0.2) is 19.2 Å². The number of hydrogen-bond acceptors (Lipinski definition) is 4. The molecule has 124 valence electrons. The SMILES string of the molecule is COc1ccc(-c2nc(C(C)C)oc2-c2ccc(OC)cc2)cc1. The first-order valence-electron chi connectivity index (χ1n) is 7.92. The van der Waals surface area contributed by atoms with E-state index in [0.717, 1.165) is 40.0 Å². The summed E-state index contributed by atoms with van der Waals surface area (Å²) in [6, 6.07) is 15.7. The van der Waals surface area contributed by atoms with E-state index in [9.17, 15) is 0 Å². The molecule has 3 rings (SSSR count). The van der Waals surface area contributed by atoms with Gasteiger partial charge in [-0.1, -0.05) is 13.8 Å². The summed E-state index contributed by atoms with van der Waals surface area (Å²) in [4.78, 5) is 4.72. The van der Waals surface area contributed by atoms with Crippen molar-refractivity contribution >= 4 is 0 Å².